The van der Waals surface area contributed by atoms with Crippen LogP contribution in [0, 0.1) is 5.41 Å². The van der Waals surface area contributed by atoms with Crippen LogP contribution in [0.4, 0.5) is 0 Å². The second-order valence-corrected chi connectivity index (χ2v) is 7.76. The predicted octanol–water partition coefficient (Wildman–Crippen LogP) is 0.172. The molecule has 2 fully saturated rings. The van der Waals surface area contributed by atoms with Gasteiger partial charge in [0.05, 0.1) is 5.75 Å². The number of carboxylic acid groups (broad SMARTS) is 1. The Balaban J connectivity index is 1.87. The molecule has 1 amide bonds. The molecule has 21 heavy (non-hydrogen) atoms. The SMILES string of the molecule is CCCS(=O)(=O)NC1CCN(C(=O)C2(C(=O)O)CC2)CC1. The summed E-state index contributed by atoms with van der Waals surface area (Å²) in [5.74, 6) is -1.25. The molecule has 7 nitrogen and oxygen atoms in total. The number of piperidine rings is 1. The third-order valence-corrected chi connectivity index (χ3v) is 5.81. The van der Waals surface area contributed by atoms with E-state index < -0.39 is 21.4 Å². The molecule has 0 aromatic carbocycles. The minimum atomic E-state index is -3.25. The highest BCUT2D eigenvalue weighted by Crippen LogP contribution is 2.47. The van der Waals surface area contributed by atoms with Gasteiger partial charge in [0, 0.05) is 19.1 Å². The molecule has 1 aliphatic carbocycles. The minimum Gasteiger partial charge on any atom is -0.480 e. The van der Waals surface area contributed by atoms with Gasteiger partial charge in [0.1, 0.15) is 5.41 Å². The summed E-state index contributed by atoms with van der Waals surface area (Å²) in [4.78, 5) is 24.9. The molecule has 0 spiro atoms. The number of likely N-dealkylation sites (tertiary alicyclic amines) is 1. The van der Waals surface area contributed by atoms with Gasteiger partial charge in [-0.2, -0.15) is 0 Å². The van der Waals surface area contributed by atoms with Gasteiger partial charge in [-0.1, -0.05) is 6.92 Å². The van der Waals surface area contributed by atoms with Crippen LogP contribution in [0.25, 0.3) is 0 Å². The number of hydrogen-bond acceptors (Lipinski definition) is 4. The molecule has 1 saturated heterocycles. The van der Waals surface area contributed by atoms with Crippen LogP contribution < -0.4 is 4.72 Å². The van der Waals surface area contributed by atoms with E-state index >= 15 is 0 Å². The fourth-order valence-electron chi connectivity index (χ4n) is 2.73. The number of carbonyl (C=O) groups excluding carboxylic acids is 1. The Morgan fingerprint density at radius 2 is 1.86 bits per heavy atom. The van der Waals surface area contributed by atoms with Crippen molar-refractivity contribution in [3.63, 3.8) is 0 Å². The third-order valence-electron chi connectivity index (χ3n) is 4.17. The number of rotatable bonds is 6. The average molecular weight is 318 g/mol. The van der Waals surface area contributed by atoms with Crippen LogP contribution in [-0.2, 0) is 19.6 Å². The maximum Gasteiger partial charge on any atom is 0.319 e. The predicted molar refractivity (Wildman–Crippen MR) is 76.1 cm³/mol. The van der Waals surface area contributed by atoms with Crippen molar-refractivity contribution in [2.75, 3.05) is 18.8 Å². The summed E-state index contributed by atoms with van der Waals surface area (Å²) in [7, 11) is -3.25. The van der Waals surface area contributed by atoms with Gasteiger partial charge >= 0.3 is 5.97 Å². The van der Waals surface area contributed by atoms with Crippen LogP contribution in [0.1, 0.15) is 39.0 Å². The van der Waals surface area contributed by atoms with E-state index in [-0.39, 0.29) is 17.7 Å². The molecule has 0 radical (unpaired) electrons. The van der Waals surface area contributed by atoms with Crippen LogP contribution in [0.3, 0.4) is 0 Å². The van der Waals surface area contributed by atoms with Gasteiger partial charge in [-0.05, 0) is 32.1 Å². The first-order valence-corrected chi connectivity index (χ1v) is 8.99. The summed E-state index contributed by atoms with van der Waals surface area (Å²) < 4.78 is 26.1. The fourth-order valence-corrected chi connectivity index (χ4v) is 4.13. The number of nitrogens with zero attached hydrogens (tertiary/aromatic N) is 1. The summed E-state index contributed by atoms with van der Waals surface area (Å²) in [6.07, 6.45) is 2.44. The van der Waals surface area contributed by atoms with E-state index in [2.05, 4.69) is 4.72 Å². The molecule has 1 saturated carbocycles. The molecule has 0 atom stereocenters. The van der Waals surface area contributed by atoms with Crippen LogP contribution in [0.5, 0.6) is 0 Å². The van der Waals surface area contributed by atoms with Gasteiger partial charge in [-0.3, -0.25) is 9.59 Å². The first-order valence-electron chi connectivity index (χ1n) is 7.33. The molecule has 1 heterocycles. The highest BCUT2D eigenvalue weighted by molar-refractivity contribution is 7.89. The number of sulfonamides is 1. The minimum absolute atomic E-state index is 0.105. The fraction of sp³-hybridized carbons (Fsp3) is 0.846. The normalized spacial score (nSPS) is 22.0. The van der Waals surface area contributed by atoms with E-state index in [4.69, 9.17) is 5.11 Å². The van der Waals surface area contributed by atoms with Crippen molar-refractivity contribution >= 4 is 21.9 Å². The number of hydrogen-bond donors (Lipinski definition) is 2. The van der Waals surface area contributed by atoms with Crippen molar-refractivity contribution in [1.29, 1.82) is 0 Å². The molecule has 1 aliphatic heterocycles. The molecule has 0 aromatic rings. The van der Waals surface area contributed by atoms with E-state index in [9.17, 15) is 18.0 Å². The van der Waals surface area contributed by atoms with Crippen molar-refractivity contribution in [3.8, 4) is 0 Å². The molecule has 8 heteroatoms. The van der Waals surface area contributed by atoms with Gasteiger partial charge in [-0.25, -0.2) is 13.1 Å². The molecule has 2 N–H and O–H groups in total. The maximum absolute atomic E-state index is 12.2. The molecule has 2 rings (SSSR count). The zero-order valence-corrected chi connectivity index (χ0v) is 13.0. The van der Waals surface area contributed by atoms with Crippen molar-refractivity contribution in [2.45, 2.75) is 45.1 Å². The Morgan fingerprint density at radius 1 is 1.29 bits per heavy atom. The lowest BCUT2D eigenvalue weighted by molar-refractivity contribution is -0.153. The lowest BCUT2D eigenvalue weighted by Crippen LogP contribution is -2.49. The highest BCUT2D eigenvalue weighted by atomic mass is 32.2. The quantitative estimate of drug-likeness (QED) is 0.680. The largest absolute Gasteiger partial charge is 0.480 e. The summed E-state index contributed by atoms with van der Waals surface area (Å²) in [6.45, 7) is 2.63. The molecule has 0 aromatic heterocycles. The van der Waals surface area contributed by atoms with E-state index in [1.54, 1.807) is 4.90 Å². The number of aliphatic carboxylic acids is 1. The molecular formula is C13H22N2O5S. The highest BCUT2D eigenvalue weighted by Gasteiger charge is 2.58. The average Bonchev–Trinajstić information content (AvgIpc) is 3.19. The van der Waals surface area contributed by atoms with E-state index in [0.717, 1.165) is 0 Å². The second kappa shape index (κ2) is 5.92. The lowest BCUT2D eigenvalue weighted by Gasteiger charge is -2.33. The Morgan fingerprint density at radius 3 is 2.29 bits per heavy atom. The van der Waals surface area contributed by atoms with Gasteiger partial charge in [-0.15, -0.1) is 0 Å². The van der Waals surface area contributed by atoms with Crippen molar-refractivity contribution < 1.29 is 23.1 Å². The lowest BCUT2D eigenvalue weighted by atomic mass is 10.0. The Bertz CT molecular complexity index is 519. The zero-order valence-electron chi connectivity index (χ0n) is 12.2. The number of carbonyl (C=O) groups is 2. The topological polar surface area (TPSA) is 104 Å². The molecule has 0 bridgehead atoms. The van der Waals surface area contributed by atoms with E-state index in [1.165, 1.54) is 0 Å². The van der Waals surface area contributed by atoms with E-state index in [1.807, 2.05) is 6.92 Å². The molecule has 0 unspecified atom stereocenters. The Hall–Kier alpha value is -1.15. The smallest absolute Gasteiger partial charge is 0.319 e. The maximum atomic E-state index is 12.2. The summed E-state index contributed by atoms with van der Waals surface area (Å²) in [6, 6.07) is -0.161. The van der Waals surface area contributed by atoms with Crippen LogP contribution in [0.15, 0.2) is 0 Å². The summed E-state index contributed by atoms with van der Waals surface area (Å²) in [5.41, 5.74) is -1.20. The molecular weight excluding hydrogens is 296 g/mol. The number of amides is 1. The zero-order chi connectivity index (χ0) is 15.7. The van der Waals surface area contributed by atoms with Crippen LogP contribution in [0.2, 0.25) is 0 Å². The summed E-state index contributed by atoms with van der Waals surface area (Å²) in [5, 5.41) is 9.13. The van der Waals surface area contributed by atoms with Gasteiger partial charge in [0.2, 0.25) is 15.9 Å². The number of nitrogens with one attached hydrogen (secondary N) is 1. The van der Waals surface area contributed by atoms with Gasteiger partial charge < -0.3 is 10.0 Å². The first-order chi connectivity index (χ1) is 9.81. The third kappa shape index (κ3) is 3.55. The second-order valence-electron chi connectivity index (χ2n) is 5.89. The van der Waals surface area contributed by atoms with Crippen LogP contribution >= 0.6 is 0 Å². The van der Waals surface area contributed by atoms with Gasteiger partial charge in [0.25, 0.3) is 0 Å². The Kier molecular flexibility index (Phi) is 4.57. The van der Waals surface area contributed by atoms with Crippen molar-refractivity contribution in [3.05, 3.63) is 0 Å². The van der Waals surface area contributed by atoms with Crippen LogP contribution in [-0.4, -0.2) is 55.2 Å². The Labute approximate surface area is 124 Å². The number of carboxylic acids is 1. The molecule has 120 valence electrons. The first kappa shape index (κ1) is 16.2. The van der Waals surface area contributed by atoms with Gasteiger partial charge in [0.15, 0.2) is 0 Å². The standard InChI is InChI=1S/C13H22N2O5S/c1-2-9-21(19,20)14-10-3-7-15(8-4-10)11(16)13(5-6-13)12(17)18/h10,14H,2-9H2,1H3,(H,17,18). The van der Waals surface area contributed by atoms with Crippen molar-refractivity contribution in [2.24, 2.45) is 5.41 Å². The molecule has 2 aliphatic rings. The summed E-state index contributed by atoms with van der Waals surface area (Å²) >= 11 is 0. The van der Waals surface area contributed by atoms with E-state index in [0.29, 0.717) is 45.2 Å². The van der Waals surface area contributed by atoms with Crippen molar-refractivity contribution in [1.82, 2.24) is 9.62 Å². The monoisotopic (exact) mass is 318 g/mol.